The molecular formula is C7H10N2O2S. The van der Waals surface area contributed by atoms with Crippen molar-refractivity contribution in [3.8, 4) is 0 Å². The number of hydrogen-bond donors (Lipinski definition) is 0. The second-order valence-electron chi connectivity index (χ2n) is 2.51. The Bertz CT molecular complexity index is 403. The van der Waals surface area contributed by atoms with Crippen LogP contribution in [0.2, 0.25) is 0 Å². The van der Waals surface area contributed by atoms with Gasteiger partial charge in [-0.15, -0.1) is 0 Å². The molecule has 0 unspecified atom stereocenters. The van der Waals surface area contributed by atoms with Gasteiger partial charge in [-0.2, -0.15) is 9.19 Å². The molecule has 4 nitrogen and oxygen atoms in total. The molecule has 1 rings (SSSR count). The van der Waals surface area contributed by atoms with Crippen molar-refractivity contribution < 1.29 is 8.42 Å². The zero-order chi connectivity index (χ0) is 9.35. The Hall–Kier alpha value is -1.10. The van der Waals surface area contributed by atoms with Crippen LogP contribution in [0.5, 0.6) is 0 Å². The quantitative estimate of drug-likeness (QED) is 0.681. The summed E-state index contributed by atoms with van der Waals surface area (Å²) in [6.07, 6.45) is 4.12. The lowest BCUT2D eigenvalue weighted by atomic mass is 10.3. The molecule has 0 aliphatic carbocycles. The van der Waals surface area contributed by atoms with Crippen molar-refractivity contribution in [2.75, 3.05) is 6.26 Å². The van der Waals surface area contributed by atoms with Crippen LogP contribution in [0.3, 0.4) is 0 Å². The first-order chi connectivity index (χ1) is 5.45. The number of hydrogen-bond acceptors (Lipinski definition) is 3. The van der Waals surface area contributed by atoms with E-state index in [-0.39, 0.29) is 0 Å². The molecule has 0 saturated carbocycles. The summed E-state index contributed by atoms with van der Waals surface area (Å²) in [5, 5.41) is 3.81. The van der Waals surface area contributed by atoms with E-state index in [0.717, 1.165) is 15.9 Å². The zero-order valence-corrected chi connectivity index (χ0v) is 7.80. The highest BCUT2D eigenvalue weighted by Gasteiger charge is 2.08. The van der Waals surface area contributed by atoms with Crippen LogP contribution in [-0.2, 0) is 10.0 Å². The Morgan fingerprint density at radius 3 is 2.50 bits per heavy atom. The molecule has 1 aromatic rings. The molecule has 0 atom stereocenters. The highest BCUT2D eigenvalue weighted by atomic mass is 32.2. The minimum Gasteiger partial charge on any atom is -0.205 e. The number of rotatable bonds is 2. The second kappa shape index (κ2) is 2.75. The maximum Gasteiger partial charge on any atom is 0.250 e. The highest BCUT2D eigenvalue weighted by molar-refractivity contribution is 7.89. The molecule has 0 aliphatic heterocycles. The topological polar surface area (TPSA) is 52.0 Å². The van der Waals surface area contributed by atoms with E-state index in [4.69, 9.17) is 0 Å². The van der Waals surface area contributed by atoms with E-state index in [9.17, 15) is 8.42 Å². The normalized spacial score (nSPS) is 11.5. The van der Waals surface area contributed by atoms with E-state index in [1.54, 1.807) is 13.0 Å². The van der Waals surface area contributed by atoms with Gasteiger partial charge in [0.05, 0.1) is 18.1 Å². The van der Waals surface area contributed by atoms with Crippen molar-refractivity contribution in [1.29, 1.82) is 0 Å². The van der Waals surface area contributed by atoms with E-state index < -0.39 is 10.0 Å². The summed E-state index contributed by atoms with van der Waals surface area (Å²) in [7, 11) is -3.26. The molecule has 1 heterocycles. The average Bonchev–Trinajstić information content (AvgIpc) is 2.29. The van der Waals surface area contributed by atoms with Gasteiger partial charge in [-0.25, -0.2) is 8.42 Å². The Morgan fingerprint density at radius 2 is 2.25 bits per heavy atom. The van der Waals surface area contributed by atoms with Gasteiger partial charge in [-0.1, -0.05) is 12.7 Å². The first-order valence-electron chi connectivity index (χ1n) is 3.34. The van der Waals surface area contributed by atoms with Gasteiger partial charge < -0.3 is 0 Å². The van der Waals surface area contributed by atoms with Crippen LogP contribution < -0.4 is 0 Å². The fourth-order valence-electron chi connectivity index (χ4n) is 0.817. The molecule has 0 saturated heterocycles. The largest absolute Gasteiger partial charge is 0.250 e. The number of nitrogens with zero attached hydrogens (tertiary/aromatic N) is 2. The number of aromatic nitrogens is 2. The summed E-state index contributed by atoms with van der Waals surface area (Å²) in [5.41, 5.74) is 1.40. The molecule has 0 spiro atoms. The monoisotopic (exact) mass is 186 g/mol. The summed E-state index contributed by atoms with van der Waals surface area (Å²) < 4.78 is 22.9. The van der Waals surface area contributed by atoms with Gasteiger partial charge in [0, 0.05) is 5.56 Å². The third-order valence-corrected chi connectivity index (χ3v) is 2.34. The molecule has 0 aromatic carbocycles. The van der Waals surface area contributed by atoms with Crippen LogP contribution in [0.4, 0.5) is 0 Å². The maximum absolute atomic E-state index is 11.0. The Labute approximate surface area is 71.6 Å². The van der Waals surface area contributed by atoms with Crippen LogP contribution >= 0.6 is 0 Å². The molecule has 0 aliphatic rings. The van der Waals surface area contributed by atoms with Crippen molar-refractivity contribution in [3.05, 3.63) is 24.0 Å². The number of aryl methyl sites for hydroxylation is 1. The van der Waals surface area contributed by atoms with Crippen molar-refractivity contribution in [1.82, 2.24) is 9.19 Å². The molecule has 0 N–H and O–H groups in total. The molecule has 0 radical (unpaired) electrons. The average molecular weight is 186 g/mol. The summed E-state index contributed by atoms with van der Waals surface area (Å²) in [6, 6.07) is 0. The molecule has 12 heavy (non-hydrogen) atoms. The molecule has 5 heteroatoms. The molecular weight excluding hydrogens is 176 g/mol. The fourth-order valence-corrected chi connectivity index (χ4v) is 1.39. The third kappa shape index (κ3) is 1.55. The van der Waals surface area contributed by atoms with Crippen molar-refractivity contribution in [2.24, 2.45) is 0 Å². The van der Waals surface area contributed by atoms with Crippen molar-refractivity contribution >= 4 is 16.1 Å². The highest BCUT2D eigenvalue weighted by Crippen LogP contribution is 2.07. The van der Waals surface area contributed by atoms with Crippen molar-refractivity contribution in [2.45, 2.75) is 6.92 Å². The minimum absolute atomic E-state index is 0.662. The smallest absolute Gasteiger partial charge is 0.205 e. The van der Waals surface area contributed by atoms with Crippen LogP contribution in [0, 0.1) is 6.92 Å². The van der Waals surface area contributed by atoms with E-state index >= 15 is 0 Å². The minimum atomic E-state index is -3.26. The summed E-state index contributed by atoms with van der Waals surface area (Å²) in [4.78, 5) is 0. The fraction of sp³-hybridized carbons (Fsp3) is 0.286. The molecule has 0 bridgehead atoms. The van der Waals surface area contributed by atoms with Crippen LogP contribution in [0.1, 0.15) is 11.3 Å². The van der Waals surface area contributed by atoms with Gasteiger partial charge in [0.15, 0.2) is 0 Å². The Morgan fingerprint density at radius 1 is 1.67 bits per heavy atom. The summed E-state index contributed by atoms with van der Waals surface area (Å²) in [6.45, 7) is 5.27. The second-order valence-corrected chi connectivity index (χ2v) is 4.35. The Balaban J connectivity index is 3.32. The van der Waals surface area contributed by atoms with Gasteiger partial charge in [-0.3, -0.25) is 0 Å². The molecule has 0 amide bonds. The van der Waals surface area contributed by atoms with E-state index in [1.165, 1.54) is 6.20 Å². The van der Waals surface area contributed by atoms with Gasteiger partial charge >= 0.3 is 0 Å². The predicted octanol–water partition coefficient (Wildman–Crippen LogP) is 0.642. The van der Waals surface area contributed by atoms with Crippen molar-refractivity contribution in [3.63, 3.8) is 0 Å². The molecule has 66 valence electrons. The first-order valence-corrected chi connectivity index (χ1v) is 5.19. The maximum atomic E-state index is 11.0. The van der Waals surface area contributed by atoms with Crippen LogP contribution in [0.15, 0.2) is 12.8 Å². The molecule has 0 fully saturated rings. The van der Waals surface area contributed by atoms with E-state index in [1.807, 2.05) is 0 Å². The van der Waals surface area contributed by atoms with Crippen LogP contribution in [0.25, 0.3) is 6.08 Å². The van der Waals surface area contributed by atoms with Gasteiger partial charge in [0.1, 0.15) is 0 Å². The van der Waals surface area contributed by atoms with Gasteiger partial charge in [-0.05, 0) is 6.92 Å². The predicted molar refractivity (Wildman–Crippen MR) is 47.3 cm³/mol. The lowest BCUT2D eigenvalue weighted by molar-refractivity contribution is 0.586. The first kappa shape index (κ1) is 8.99. The van der Waals surface area contributed by atoms with E-state index in [2.05, 4.69) is 11.7 Å². The molecule has 1 aromatic heterocycles. The van der Waals surface area contributed by atoms with Gasteiger partial charge in [0.25, 0.3) is 10.0 Å². The SMILES string of the molecule is C=Cc1cn(S(C)(=O)=O)nc1C. The van der Waals surface area contributed by atoms with Gasteiger partial charge in [0.2, 0.25) is 0 Å². The third-order valence-electron chi connectivity index (χ3n) is 1.48. The lowest BCUT2D eigenvalue weighted by Gasteiger charge is -1.93. The van der Waals surface area contributed by atoms with E-state index in [0.29, 0.717) is 5.69 Å². The standard InChI is InChI=1S/C7H10N2O2S/c1-4-7-5-9(8-6(7)2)12(3,10)11/h4-5H,1H2,2-3H3. The van der Waals surface area contributed by atoms with Crippen LogP contribution in [-0.4, -0.2) is 23.9 Å². The summed E-state index contributed by atoms with van der Waals surface area (Å²) in [5.74, 6) is 0. The zero-order valence-electron chi connectivity index (χ0n) is 6.98. The lowest BCUT2D eigenvalue weighted by Crippen LogP contribution is -2.10. The Kier molecular flexibility index (Phi) is 2.06. The summed E-state index contributed by atoms with van der Waals surface area (Å²) >= 11 is 0.